The lowest BCUT2D eigenvalue weighted by Gasteiger charge is -2.42. The molecule has 1 aliphatic carbocycles. The number of hydrogen-bond acceptors (Lipinski definition) is 1. The Balaban J connectivity index is 1.73. The third kappa shape index (κ3) is 4.38. The Morgan fingerprint density at radius 2 is 1.37 bits per heavy atom. The zero-order valence-corrected chi connectivity index (χ0v) is 21.4. The molecule has 0 saturated carbocycles. The van der Waals surface area contributed by atoms with Crippen LogP contribution in [0.1, 0.15) is 78.7 Å². The summed E-state index contributed by atoms with van der Waals surface area (Å²) >= 11 is 0. The summed E-state index contributed by atoms with van der Waals surface area (Å²) in [5.74, 6) is -0.897. The number of rotatable bonds is 4. The van der Waals surface area contributed by atoms with E-state index in [1.807, 2.05) is 12.1 Å². The maximum Gasteiger partial charge on any atom is 0.335 e. The Kier molecular flexibility index (Phi) is 5.59. The van der Waals surface area contributed by atoms with E-state index in [2.05, 4.69) is 83.1 Å². The van der Waals surface area contributed by atoms with Crippen LogP contribution in [0.15, 0.2) is 72.8 Å². The normalized spacial score (nSPS) is 16.1. The van der Waals surface area contributed by atoms with Gasteiger partial charge in [0, 0.05) is 0 Å². The monoisotopic (exact) mass is 462 g/mol. The molecule has 4 aromatic rings. The lowest BCUT2D eigenvalue weighted by Crippen LogP contribution is -2.33. The summed E-state index contributed by atoms with van der Waals surface area (Å²) in [7, 11) is 0. The summed E-state index contributed by atoms with van der Waals surface area (Å²) in [5, 5.41) is 11.9. The second-order valence-corrected chi connectivity index (χ2v) is 11.6. The van der Waals surface area contributed by atoms with E-state index in [4.69, 9.17) is 0 Å². The van der Waals surface area contributed by atoms with Gasteiger partial charge in [0.1, 0.15) is 0 Å². The van der Waals surface area contributed by atoms with Crippen LogP contribution < -0.4 is 0 Å². The molecule has 0 fully saturated rings. The molecule has 0 unspecified atom stereocenters. The molecule has 0 atom stereocenters. The molecule has 0 saturated heterocycles. The fraction of sp³-hybridized carbons (Fsp3) is 0.303. The molecule has 0 spiro atoms. The van der Waals surface area contributed by atoms with Crippen LogP contribution in [0.5, 0.6) is 0 Å². The Labute approximate surface area is 208 Å². The summed E-state index contributed by atoms with van der Waals surface area (Å²) in [5.41, 5.74) is 9.60. The lowest BCUT2D eigenvalue weighted by atomic mass is 9.62. The van der Waals surface area contributed by atoms with Gasteiger partial charge in [-0.05, 0) is 99.4 Å². The number of carboxylic acid groups (broad SMARTS) is 1. The Morgan fingerprint density at radius 1 is 0.771 bits per heavy atom. The van der Waals surface area contributed by atoms with Crippen LogP contribution in [-0.4, -0.2) is 11.1 Å². The molecule has 178 valence electrons. The number of hydrogen-bond donors (Lipinski definition) is 1. The summed E-state index contributed by atoms with van der Waals surface area (Å²) in [6.07, 6.45) is 3.24. The SMILES string of the molecule is Cc1ccc(Cc2cc(-c3ccc(C(=O)O)cc3)cc3cc4c(cc23)C(C)(C)CCC4(C)C)cc1. The molecular weight excluding hydrogens is 428 g/mol. The maximum absolute atomic E-state index is 11.4. The average Bonchev–Trinajstić information content (AvgIpc) is 2.83. The van der Waals surface area contributed by atoms with Crippen molar-refractivity contribution in [3.63, 3.8) is 0 Å². The number of fused-ring (bicyclic) bond motifs is 2. The number of aromatic carboxylic acids is 1. The third-order valence-corrected chi connectivity index (χ3v) is 7.99. The van der Waals surface area contributed by atoms with Crippen molar-refractivity contribution in [2.24, 2.45) is 0 Å². The highest BCUT2D eigenvalue weighted by molar-refractivity contribution is 5.93. The lowest BCUT2D eigenvalue weighted by molar-refractivity contribution is 0.0697. The second kappa shape index (κ2) is 8.37. The van der Waals surface area contributed by atoms with Crippen LogP contribution in [0.25, 0.3) is 21.9 Å². The van der Waals surface area contributed by atoms with Crippen molar-refractivity contribution in [2.75, 3.05) is 0 Å². The molecule has 0 bridgehead atoms. The van der Waals surface area contributed by atoms with E-state index in [1.165, 1.54) is 51.4 Å². The van der Waals surface area contributed by atoms with Crippen molar-refractivity contribution in [3.8, 4) is 11.1 Å². The fourth-order valence-corrected chi connectivity index (χ4v) is 5.55. The first-order chi connectivity index (χ1) is 16.5. The number of benzene rings is 4. The predicted octanol–water partition coefficient (Wildman–Crippen LogP) is 8.45. The molecular formula is C33H34O2. The molecule has 0 heterocycles. The van der Waals surface area contributed by atoms with E-state index in [0.717, 1.165) is 17.5 Å². The van der Waals surface area contributed by atoms with Gasteiger partial charge in [0.25, 0.3) is 0 Å². The van der Waals surface area contributed by atoms with Gasteiger partial charge in [-0.2, -0.15) is 0 Å². The first-order valence-corrected chi connectivity index (χ1v) is 12.5. The smallest absolute Gasteiger partial charge is 0.335 e. The summed E-state index contributed by atoms with van der Waals surface area (Å²) in [6, 6.07) is 25.5. The van der Waals surface area contributed by atoms with E-state index in [0.29, 0.717) is 5.56 Å². The summed E-state index contributed by atoms with van der Waals surface area (Å²) in [4.78, 5) is 11.4. The minimum atomic E-state index is -0.897. The molecule has 0 amide bonds. The van der Waals surface area contributed by atoms with Crippen LogP contribution in [0.3, 0.4) is 0 Å². The highest BCUT2D eigenvalue weighted by Gasteiger charge is 2.37. The van der Waals surface area contributed by atoms with E-state index in [-0.39, 0.29) is 10.8 Å². The molecule has 5 rings (SSSR count). The van der Waals surface area contributed by atoms with Gasteiger partial charge >= 0.3 is 5.97 Å². The number of aryl methyl sites for hydroxylation is 1. The van der Waals surface area contributed by atoms with Crippen LogP contribution >= 0.6 is 0 Å². The first kappa shape index (κ1) is 23.4. The van der Waals surface area contributed by atoms with Crippen LogP contribution in [0.4, 0.5) is 0 Å². The van der Waals surface area contributed by atoms with Gasteiger partial charge in [-0.1, -0.05) is 87.9 Å². The van der Waals surface area contributed by atoms with Crippen molar-refractivity contribution in [3.05, 3.63) is 106 Å². The van der Waals surface area contributed by atoms with E-state index in [9.17, 15) is 9.90 Å². The average molecular weight is 463 g/mol. The highest BCUT2D eigenvalue weighted by atomic mass is 16.4. The standard InChI is InChI=1S/C33H34O2/c1-21-6-8-22(9-7-21)16-26-17-25(23-10-12-24(13-11-23)31(34)35)18-27-19-29-30(20-28(26)27)33(4,5)15-14-32(29,2)3/h6-13,17-20H,14-16H2,1-5H3,(H,34,35). The van der Waals surface area contributed by atoms with Gasteiger partial charge in [-0.15, -0.1) is 0 Å². The van der Waals surface area contributed by atoms with Crippen molar-refractivity contribution in [2.45, 2.75) is 64.7 Å². The van der Waals surface area contributed by atoms with Gasteiger partial charge in [0.05, 0.1) is 5.56 Å². The van der Waals surface area contributed by atoms with Crippen molar-refractivity contribution < 1.29 is 9.90 Å². The molecule has 1 aliphatic rings. The Morgan fingerprint density at radius 3 is 1.97 bits per heavy atom. The molecule has 0 aromatic heterocycles. The van der Waals surface area contributed by atoms with E-state index >= 15 is 0 Å². The second-order valence-electron chi connectivity index (χ2n) is 11.6. The number of carboxylic acids is 1. The first-order valence-electron chi connectivity index (χ1n) is 12.5. The predicted molar refractivity (Wildman–Crippen MR) is 146 cm³/mol. The molecule has 4 aromatic carbocycles. The van der Waals surface area contributed by atoms with E-state index in [1.54, 1.807) is 12.1 Å². The van der Waals surface area contributed by atoms with Gasteiger partial charge in [0.2, 0.25) is 0 Å². The zero-order chi connectivity index (χ0) is 25.0. The van der Waals surface area contributed by atoms with Gasteiger partial charge in [0.15, 0.2) is 0 Å². The van der Waals surface area contributed by atoms with Gasteiger partial charge in [-0.3, -0.25) is 0 Å². The van der Waals surface area contributed by atoms with E-state index < -0.39 is 5.97 Å². The van der Waals surface area contributed by atoms with Crippen molar-refractivity contribution in [1.29, 1.82) is 0 Å². The fourth-order valence-electron chi connectivity index (χ4n) is 5.55. The topological polar surface area (TPSA) is 37.3 Å². The van der Waals surface area contributed by atoms with Gasteiger partial charge in [-0.25, -0.2) is 4.79 Å². The Hall–Kier alpha value is -3.39. The molecule has 35 heavy (non-hydrogen) atoms. The summed E-state index contributed by atoms with van der Waals surface area (Å²) < 4.78 is 0. The van der Waals surface area contributed by atoms with Crippen LogP contribution in [-0.2, 0) is 17.3 Å². The molecule has 0 radical (unpaired) electrons. The summed E-state index contributed by atoms with van der Waals surface area (Å²) in [6.45, 7) is 11.6. The molecule has 1 N–H and O–H groups in total. The van der Waals surface area contributed by atoms with Crippen molar-refractivity contribution in [1.82, 2.24) is 0 Å². The zero-order valence-electron chi connectivity index (χ0n) is 21.4. The van der Waals surface area contributed by atoms with Crippen LogP contribution in [0.2, 0.25) is 0 Å². The van der Waals surface area contributed by atoms with Crippen LogP contribution in [0, 0.1) is 6.92 Å². The quantitative estimate of drug-likeness (QED) is 0.330. The number of carbonyl (C=O) groups is 1. The third-order valence-electron chi connectivity index (χ3n) is 7.99. The molecule has 2 heteroatoms. The minimum absolute atomic E-state index is 0.148. The minimum Gasteiger partial charge on any atom is -0.478 e. The van der Waals surface area contributed by atoms with Crippen molar-refractivity contribution >= 4 is 16.7 Å². The van der Waals surface area contributed by atoms with Gasteiger partial charge < -0.3 is 5.11 Å². The largest absolute Gasteiger partial charge is 0.478 e. The highest BCUT2D eigenvalue weighted by Crippen LogP contribution is 2.47. The molecule has 2 nitrogen and oxygen atoms in total. The molecule has 0 aliphatic heterocycles. The Bertz CT molecular complexity index is 1420. The maximum atomic E-state index is 11.4.